The summed E-state index contributed by atoms with van der Waals surface area (Å²) in [7, 11) is 1.62. The fraction of sp³-hybridized carbons (Fsp3) is 0.932. The first kappa shape index (κ1) is 52.2. The van der Waals surface area contributed by atoms with E-state index in [9.17, 15) is 19.4 Å². The van der Waals surface area contributed by atoms with Gasteiger partial charge in [0.2, 0.25) is 5.91 Å². The van der Waals surface area contributed by atoms with Gasteiger partial charge in [-0.2, -0.15) is 0 Å². The minimum absolute atomic E-state index is 0.0760. The number of rotatable bonds is 41. The number of likely N-dealkylation sites (N-methyl/N-ethyl adjacent to an activating group) is 1. The lowest BCUT2D eigenvalue weighted by Crippen LogP contribution is -2.46. The molecule has 0 fully saturated rings. The number of nitrogens with one attached hydrogen (secondary N) is 1. The molecule has 0 saturated carbocycles. The van der Waals surface area contributed by atoms with Crippen LogP contribution >= 0.6 is 7.82 Å². The molecule has 0 saturated heterocycles. The highest BCUT2D eigenvalue weighted by atomic mass is 31.2. The van der Waals surface area contributed by atoms with Crippen molar-refractivity contribution >= 4 is 13.7 Å². The predicted octanol–water partition coefficient (Wildman–Crippen LogP) is 12.4. The lowest BCUT2D eigenvalue weighted by molar-refractivity contribution is -0.870. The summed E-state index contributed by atoms with van der Waals surface area (Å²) in [6.45, 7) is 4.86. The zero-order valence-electron chi connectivity index (χ0n) is 35.8. The largest absolute Gasteiger partial charge is 0.472 e. The van der Waals surface area contributed by atoms with Crippen LogP contribution in [0.4, 0.5) is 0 Å². The van der Waals surface area contributed by atoms with Gasteiger partial charge in [0.05, 0.1) is 39.9 Å². The van der Waals surface area contributed by atoms with Crippen LogP contribution in [-0.4, -0.2) is 73.4 Å². The predicted molar refractivity (Wildman–Crippen MR) is 226 cm³/mol. The molecule has 3 atom stereocenters. The molecule has 8 nitrogen and oxygen atoms in total. The highest BCUT2D eigenvalue weighted by Crippen LogP contribution is 2.43. The fourth-order valence-electron chi connectivity index (χ4n) is 6.63. The van der Waals surface area contributed by atoms with Crippen LogP contribution in [0.3, 0.4) is 0 Å². The molecule has 3 unspecified atom stereocenters. The minimum atomic E-state index is -4.30. The summed E-state index contributed by atoms with van der Waals surface area (Å²) in [4.78, 5) is 23.1. The van der Waals surface area contributed by atoms with Crippen molar-refractivity contribution in [2.24, 2.45) is 0 Å². The Bertz CT molecular complexity index is 880. The highest BCUT2D eigenvalue weighted by molar-refractivity contribution is 7.47. The van der Waals surface area contributed by atoms with Gasteiger partial charge in [-0.3, -0.25) is 13.8 Å². The SMILES string of the molecule is CCCCCCCCCC/C=C\CCCCCCCCCCCCCC(=O)NC(COP(=O)(O)OCC[N+](C)(C)C)C(O)CCCCCCCCCC. The molecule has 0 rings (SSSR count). The number of amides is 1. The second kappa shape index (κ2) is 36.9. The topological polar surface area (TPSA) is 105 Å². The first-order valence-electron chi connectivity index (χ1n) is 22.6. The third-order valence-electron chi connectivity index (χ3n) is 10.3. The monoisotopic (exact) mass is 774 g/mol. The van der Waals surface area contributed by atoms with Crippen LogP contribution in [0.1, 0.15) is 213 Å². The van der Waals surface area contributed by atoms with Crippen molar-refractivity contribution in [3.8, 4) is 0 Å². The van der Waals surface area contributed by atoms with Gasteiger partial charge in [-0.05, 0) is 38.5 Å². The third-order valence-corrected chi connectivity index (χ3v) is 11.2. The molecule has 0 aromatic carbocycles. The average Bonchev–Trinajstić information content (AvgIpc) is 3.10. The van der Waals surface area contributed by atoms with Gasteiger partial charge in [-0.25, -0.2) is 4.57 Å². The van der Waals surface area contributed by atoms with Crippen LogP contribution in [0, 0.1) is 0 Å². The first-order chi connectivity index (χ1) is 25.5. The molecular formula is C44H90N2O6P+. The number of hydrogen-bond donors (Lipinski definition) is 3. The number of hydrogen-bond acceptors (Lipinski definition) is 5. The molecular weight excluding hydrogens is 683 g/mol. The van der Waals surface area contributed by atoms with Crippen LogP contribution in [0.2, 0.25) is 0 Å². The number of allylic oxidation sites excluding steroid dienone is 2. The van der Waals surface area contributed by atoms with Crippen LogP contribution in [-0.2, 0) is 18.4 Å². The van der Waals surface area contributed by atoms with E-state index < -0.39 is 20.0 Å². The maximum absolute atomic E-state index is 12.8. The maximum Gasteiger partial charge on any atom is 0.472 e. The van der Waals surface area contributed by atoms with Crippen molar-refractivity contribution in [3.63, 3.8) is 0 Å². The second-order valence-corrected chi connectivity index (χ2v) is 18.2. The van der Waals surface area contributed by atoms with Crippen molar-refractivity contribution in [2.75, 3.05) is 40.9 Å². The number of aliphatic hydroxyl groups is 1. The van der Waals surface area contributed by atoms with E-state index in [1.165, 1.54) is 148 Å². The van der Waals surface area contributed by atoms with E-state index in [0.717, 1.165) is 38.5 Å². The fourth-order valence-corrected chi connectivity index (χ4v) is 7.36. The summed E-state index contributed by atoms with van der Waals surface area (Å²) >= 11 is 0. The Balaban J connectivity index is 4.12. The van der Waals surface area contributed by atoms with E-state index in [4.69, 9.17) is 9.05 Å². The molecule has 316 valence electrons. The van der Waals surface area contributed by atoms with Gasteiger partial charge in [-0.1, -0.05) is 180 Å². The Morgan fingerprint density at radius 2 is 1.02 bits per heavy atom. The van der Waals surface area contributed by atoms with Crippen molar-refractivity contribution in [3.05, 3.63) is 12.2 Å². The number of unbranched alkanes of at least 4 members (excludes halogenated alkanes) is 26. The zero-order chi connectivity index (χ0) is 39.3. The lowest BCUT2D eigenvalue weighted by Gasteiger charge is -2.26. The second-order valence-electron chi connectivity index (χ2n) is 16.8. The van der Waals surface area contributed by atoms with E-state index in [2.05, 4.69) is 31.3 Å². The molecule has 0 aliphatic rings. The van der Waals surface area contributed by atoms with Crippen molar-refractivity contribution < 1.29 is 32.9 Å². The zero-order valence-corrected chi connectivity index (χ0v) is 36.7. The van der Waals surface area contributed by atoms with Gasteiger partial charge in [0, 0.05) is 6.42 Å². The molecule has 0 radical (unpaired) electrons. The molecule has 0 aromatic rings. The minimum Gasteiger partial charge on any atom is -0.391 e. The number of carbonyl (C=O) groups excluding carboxylic acids is 1. The molecule has 0 aliphatic heterocycles. The standard InChI is InChI=1S/C44H89N2O6P/c1-6-8-10-12-14-16-17-18-19-20-21-22-23-24-25-26-27-28-29-30-32-34-36-38-44(48)45-42(41-52-53(49,50)51-40-39-46(3,4)5)43(47)37-35-33-31-15-13-11-9-7-2/h20-21,42-43,47H,6-19,22-41H2,1-5H3,(H-,45,48,49,50)/p+1/b21-20-. The van der Waals surface area contributed by atoms with E-state index in [-0.39, 0.29) is 19.1 Å². The van der Waals surface area contributed by atoms with Gasteiger partial charge in [-0.15, -0.1) is 0 Å². The summed E-state index contributed by atoms with van der Waals surface area (Å²) < 4.78 is 23.5. The van der Waals surface area contributed by atoms with Crippen molar-refractivity contribution in [2.45, 2.75) is 225 Å². The summed E-state index contributed by atoms with van der Waals surface area (Å²) in [5, 5.41) is 13.9. The summed E-state index contributed by atoms with van der Waals surface area (Å²) in [5.41, 5.74) is 0. The van der Waals surface area contributed by atoms with E-state index >= 15 is 0 Å². The number of aliphatic hydroxyl groups excluding tert-OH is 1. The van der Waals surface area contributed by atoms with Crippen LogP contribution in [0.5, 0.6) is 0 Å². The Kier molecular flexibility index (Phi) is 36.3. The lowest BCUT2D eigenvalue weighted by atomic mass is 10.0. The molecule has 53 heavy (non-hydrogen) atoms. The Labute approximate surface area is 329 Å². The van der Waals surface area contributed by atoms with Crippen LogP contribution in [0.25, 0.3) is 0 Å². The number of phosphoric acid groups is 1. The molecule has 0 spiro atoms. The van der Waals surface area contributed by atoms with E-state index in [1.54, 1.807) is 0 Å². The quantitative estimate of drug-likeness (QED) is 0.0247. The third kappa shape index (κ3) is 39.3. The van der Waals surface area contributed by atoms with Gasteiger partial charge < -0.3 is 19.8 Å². The Morgan fingerprint density at radius 3 is 1.45 bits per heavy atom. The van der Waals surface area contributed by atoms with Crippen molar-refractivity contribution in [1.29, 1.82) is 0 Å². The van der Waals surface area contributed by atoms with Gasteiger partial charge in [0.1, 0.15) is 13.2 Å². The molecule has 0 heterocycles. The van der Waals surface area contributed by atoms with E-state index in [1.807, 2.05) is 21.1 Å². The molecule has 1 amide bonds. The molecule has 9 heteroatoms. The van der Waals surface area contributed by atoms with Crippen LogP contribution in [0.15, 0.2) is 12.2 Å². The summed E-state index contributed by atoms with van der Waals surface area (Å²) in [6, 6.07) is -0.754. The van der Waals surface area contributed by atoms with Crippen molar-refractivity contribution in [1.82, 2.24) is 5.32 Å². The molecule has 3 N–H and O–H groups in total. The molecule has 0 aromatic heterocycles. The normalized spacial score (nSPS) is 14.5. The number of carbonyl (C=O) groups is 1. The molecule has 0 bridgehead atoms. The summed E-state index contributed by atoms with van der Waals surface area (Å²) in [5.74, 6) is -0.147. The Morgan fingerprint density at radius 1 is 0.623 bits per heavy atom. The molecule has 0 aliphatic carbocycles. The maximum atomic E-state index is 12.8. The van der Waals surface area contributed by atoms with E-state index in [0.29, 0.717) is 23.9 Å². The van der Waals surface area contributed by atoms with Gasteiger partial charge in [0.25, 0.3) is 0 Å². The first-order valence-corrected chi connectivity index (χ1v) is 24.0. The van der Waals surface area contributed by atoms with Gasteiger partial charge >= 0.3 is 7.82 Å². The Hall–Kier alpha value is -0.760. The van der Waals surface area contributed by atoms with Gasteiger partial charge in [0.15, 0.2) is 0 Å². The smallest absolute Gasteiger partial charge is 0.391 e. The number of nitrogens with zero attached hydrogens (tertiary/aromatic N) is 1. The van der Waals surface area contributed by atoms with Crippen LogP contribution < -0.4 is 5.32 Å². The average molecular weight is 774 g/mol. The summed E-state index contributed by atoms with van der Waals surface area (Å²) in [6.07, 6.45) is 41.1. The highest BCUT2D eigenvalue weighted by Gasteiger charge is 2.28. The number of phosphoric ester groups is 1. The number of quaternary nitrogens is 1.